The molecule has 32 heavy (non-hydrogen) atoms. The normalized spacial score (nSPS) is 29.0. The summed E-state index contributed by atoms with van der Waals surface area (Å²) in [6.07, 6.45) is 7.72. The quantitative estimate of drug-likeness (QED) is 0.630. The molecule has 4 aliphatic rings. The molecule has 8 heteroatoms. The van der Waals surface area contributed by atoms with Gasteiger partial charge in [0, 0.05) is 5.41 Å². The predicted octanol–water partition coefficient (Wildman–Crippen LogP) is 5.32. The van der Waals surface area contributed by atoms with Gasteiger partial charge in [-0.25, -0.2) is 25.0 Å². The number of carbonyl (C=O) groups is 2. The lowest BCUT2D eigenvalue weighted by Gasteiger charge is -2.55. The number of hydrogen-bond acceptors (Lipinski definition) is 6. The average Bonchev–Trinajstić information content (AvgIpc) is 3.06. The first-order chi connectivity index (χ1) is 14.8. The molecule has 4 saturated carbocycles. The smallest absolute Gasteiger partial charge is 0.429 e. The Morgan fingerprint density at radius 2 is 1.56 bits per heavy atom. The van der Waals surface area contributed by atoms with Crippen LogP contribution in [0.1, 0.15) is 91.7 Å². The Kier molecular flexibility index (Phi) is 5.70. The molecular weight excluding hydrogens is 410 g/mol. The van der Waals surface area contributed by atoms with Gasteiger partial charge in [0.15, 0.2) is 0 Å². The van der Waals surface area contributed by atoms with Crippen molar-refractivity contribution in [2.75, 3.05) is 0 Å². The molecule has 5 rings (SSSR count). The monoisotopic (exact) mass is 447 g/mol. The molecule has 178 valence electrons. The maximum absolute atomic E-state index is 12.8. The average molecular weight is 448 g/mol. The SMILES string of the molecule is CC(C)(C)OC(=O)NN(Cc1cnc(C23CC4CC(CC(C4)C2)C3)o1)C(=O)OC(C)(C)C. The van der Waals surface area contributed by atoms with Crippen molar-refractivity contribution < 1.29 is 23.5 Å². The Hall–Kier alpha value is -2.25. The van der Waals surface area contributed by atoms with E-state index in [1.165, 1.54) is 19.3 Å². The van der Waals surface area contributed by atoms with Crippen LogP contribution in [-0.2, 0) is 21.4 Å². The highest BCUT2D eigenvalue weighted by Crippen LogP contribution is 2.60. The van der Waals surface area contributed by atoms with Gasteiger partial charge in [-0.3, -0.25) is 0 Å². The summed E-state index contributed by atoms with van der Waals surface area (Å²) in [7, 11) is 0. The number of hydrogen-bond donors (Lipinski definition) is 1. The van der Waals surface area contributed by atoms with Gasteiger partial charge in [-0.1, -0.05) is 0 Å². The maximum atomic E-state index is 12.8. The third-order valence-corrected chi connectivity index (χ3v) is 6.60. The van der Waals surface area contributed by atoms with Crippen molar-refractivity contribution in [1.29, 1.82) is 0 Å². The van der Waals surface area contributed by atoms with Gasteiger partial charge in [-0.15, -0.1) is 0 Å². The molecule has 0 aliphatic heterocycles. The largest absolute Gasteiger partial charge is 0.443 e. The van der Waals surface area contributed by atoms with E-state index in [0.29, 0.717) is 5.76 Å². The van der Waals surface area contributed by atoms with E-state index < -0.39 is 23.4 Å². The van der Waals surface area contributed by atoms with Crippen molar-refractivity contribution in [3.8, 4) is 0 Å². The molecule has 1 aromatic rings. The van der Waals surface area contributed by atoms with Gasteiger partial charge < -0.3 is 13.9 Å². The molecule has 1 N–H and O–H groups in total. The molecule has 8 nitrogen and oxygen atoms in total. The first kappa shape index (κ1) is 22.9. The van der Waals surface area contributed by atoms with Crippen LogP contribution in [0.25, 0.3) is 0 Å². The summed E-state index contributed by atoms with van der Waals surface area (Å²) in [5.74, 6) is 3.64. The fraction of sp³-hybridized carbons (Fsp3) is 0.792. The minimum absolute atomic E-state index is 0.00746. The van der Waals surface area contributed by atoms with Crippen molar-refractivity contribution in [2.24, 2.45) is 17.8 Å². The van der Waals surface area contributed by atoms with Gasteiger partial charge in [0.05, 0.1) is 6.20 Å². The summed E-state index contributed by atoms with van der Waals surface area (Å²) in [5, 5.41) is 1.09. The zero-order valence-electron chi connectivity index (χ0n) is 20.2. The second kappa shape index (κ2) is 7.96. The number of hydrazine groups is 1. The van der Waals surface area contributed by atoms with Crippen molar-refractivity contribution in [3.05, 3.63) is 17.8 Å². The molecule has 0 spiro atoms. The van der Waals surface area contributed by atoms with Crippen molar-refractivity contribution in [2.45, 2.75) is 103 Å². The summed E-state index contributed by atoms with van der Waals surface area (Å²) in [6, 6.07) is 0. The van der Waals surface area contributed by atoms with Gasteiger partial charge in [0.1, 0.15) is 23.5 Å². The topological polar surface area (TPSA) is 93.9 Å². The first-order valence-electron chi connectivity index (χ1n) is 11.8. The number of oxazole rings is 1. The second-order valence-corrected chi connectivity index (χ2v) is 12.0. The van der Waals surface area contributed by atoms with Crippen molar-refractivity contribution >= 4 is 12.2 Å². The van der Waals surface area contributed by atoms with Crippen molar-refractivity contribution in [3.63, 3.8) is 0 Å². The molecule has 0 radical (unpaired) electrons. The third kappa shape index (κ3) is 5.21. The van der Waals surface area contributed by atoms with E-state index in [2.05, 4.69) is 10.4 Å². The number of ether oxygens (including phenoxy) is 2. The van der Waals surface area contributed by atoms with Crippen LogP contribution in [-0.4, -0.2) is 33.4 Å². The summed E-state index contributed by atoms with van der Waals surface area (Å²) in [4.78, 5) is 29.7. The van der Waals surface area contributed by atoms with Crippen LogP contribution in [0.3, 0.4) is 0 Å². The number of carbonyl (C=O) groups excluding carboxylic acids is 2. The van der Waals surface area contributed by atoms with Gasteiger partial charge in [0.25, 0.3) is 0 Å². The first-order valence-corrected chi connectivity index (χ1v) is 11.8. The number of nitrogens with one attached hydrogen (secondary N) is 1. The molecular formula is C24H37N3O5. The molecule has 4 fully saturated rings. The molecule has 2 amide bonds. The standard InChI is InChI=1S/C24H37N3O5/c1-22(2,3)31-20(28)26-27(21(29)32-23(4,5)6)14-18-13-25-19(30-18)24-10-15-7-16(11-24)9-17(8-15)12-24/h13,15-17H,7-12,14H2,1-6H3,(H,26,28). The Morgan fingerprint density at radius 1 is 1.03 bits per heavy atom. The van der Waals surface area contributed by atoms with Gasteiger partial charge in [-0.05, 0) is 97.8 Å². The molecule has 1 aromatic heterocycles. The summed E-state index contributed by atoms with van der Waals surface area (Å²) in [6.45, 7) is 10.6. The van der Waals surface area contributed by atoms with E-state index in [-0.39, 0.29) is 12.0 Å². The van der Waals surface area contributed by atoms with E-state index in [1.807, 2.05) is 0 Å². The van der Waals surface area contributed by atoms with Crippen LogP contribution < -0.4 is 5.43 Å². The van der Waals surface area contributed by atoms with Crippen LogP contribution in [0.15, 0.2) is 10.6 Å². The van der Waals surface area contributed by atoms with Gasteiger partial charge in [-0.2, -0.15) is 0 Å². The molecule has 4 aliphatic carbocycles. The molecule has 0 unspecified atom stereocenters. The third-order valence-electron chi connectivity index (χ3n) is 6.60. The highest BCUT2D eigenvalue weighted by Gasteiger charge is 2.54. The summed E-state index contributed by atoms with van der Waals surface area (Å²) < 4.78 is 17.0. The second-order valence-electron chi connectivity index (χ2n) is 12.0. The lowest BCUT2D eigenvalue weighted by molar-refractivity contribution is -0.0194. The summed E-state index contributed by atoms with van der Waals surface area (Å²) in [5.41, 5.74) is 1.12. The molecule has 0 aromatic carbocycles. The van der Waals surface area contributed by atoms with Crippen LogP contribution in [0, 0.1) is 17.8 Å². The molecule has 0 atom stereocenters. The molecule has 0 saturated heterocycles. The number of aromatic nitrogens is 1. The maximum Gasteiger partial charge on any atom is 0.429 e. The van der Waals surface area contributed by atoms with Crippen LogP contribution in [0.4, 0.5) is 9.59 Å². The van der Waals surface area contributed by atoms with Crippen LogP contribution in [0.2, 0.25) is 0 Å². The van der Waals surface area contributed by atoms with E-state index in [9.17, 15) is 9.59 Å². The lowest BCUT2D eigenvalue weighted by atomic mass is 9.49. The van der Waals surface area contributed by atoms with E-state index in [0.717, 1.165) is 47.9 Å². The fourth-order valence-corrected chi connectivity index (χ4v) is 6.03. The Balaban J connectivity index is 1.49. The number of rotatable bonds is 3. The number of amides is 2. The van der Waals surface area contributed by atoms with E-state index >= 15 is 0 Å². The Bertz CT molecular complexity index is 828. The number of nitrogens with zero attached hydrogens (tertiary/aromatic N) is 2. The Labute approximate surface area is 190 Å². The zero-order chi connectivity index (χ0) is 23.3. The van der Waals surface area contributed by atoms with Crippen LogP contribution in [0.5, 0.6) is 0 Å². The van der Waals surface area contributed by atoms with Gasteiger partial charge >= 0.3 is 12.2 Å². The molecule has 4 bridgehead atoms. The predicted molar refractivity (Wildman–Crippen MR) is 117 cm³/mol. The Morgan fingerprint density at radius 3 is 2.06 bits per heavy atom. The van der Waals surface area contributed by atoms with Crippen LogP contribution >= 0.6 is 0 Å². The zero-order valence-corrected chi connectivity index (χ0v) is 20.2. The highest BCUT2D eigenvalue weighted by atomic mass is 16.6. The van der Waals surface area contributed by atoms with E-state index in [1.54, 1.807) is 47.7 Å². The highest BCUT2D eigenvalue weighted by molar-refractivity contribution is 5.74. The van der Waals surface area contributed by atoms with E-state index in [4.69, 9.17) is 13.9 Å². The molecule has 1 heterocycles. The summed E-state index contributed by atoms with van der Waals surface area (Å²) >= 11 is 0. The minimum Gasteiger partial charge on any atom is -0.443 e. The van der Waals surface area contributed by atoms with Gasteiger partial charge in [0.2, 0.25) is 5.89 Å². The van der Waals surface area contributed by atoms with Crippen molar-refractivity contribution in [1.82, 2.24) is 15.4 Å². The lowest BCUT2D eigenvalue weighted by Crippen LogP contribution is -2.49. The fourth-order valence-electron chi connectivity index (χ4n) is 6.03. The minimum atomic E-state index is -0.732.